The van der Waals surface area contributed by atoms with Gasteiger partial charge in [-0.05, 0) is 20.8 Å². The van der Waals surface area contributed by atoms with E-state index in [1.165, 1.54) is 0 Å². The zero-order valence-electron chi connectivity index (χ0n) is 13.2. The fourth-order valence-electron chi connectivity index (χ4n) is 2.33. The van der Waals surface area contributed by atoms with E-state index in [-0.39, 0.29) is 17.6 Å². The van der Waals surface area contributed by atoms with Gasteiger partial charge in [0.2, 0.25) is 5.91 Å². The lowest BCUT2D eigenvalue weighted by Gasteiger charge is -2.24. The smallest absolute Gasteiger partial charge is 0.228 e. The number of hydrogen-bond acceptors (Lipinski definition) is 2. The van der Waals surface area contributed by atoms with Crippen LogP contribution in [0.5, 0.6) is 0 Å². The fourth-order valence-corrected chi connectivity index (χ4v) is 4.78. The molecular weight excluding hydrogens is 293 g/mol. The van der Waals surface area contributed by atoms with Crippen molar-refractivity contribution in [2.45, 2.75) is 26.3 Å². The van der Waals surface area contributed by atoms with Gasteiger partial charge in [-0.3, -0.25) is 4.79 Å². The second-order valence-corrected chi connectivity index (χ2v) is 9.20. The number of nitrogens with one attached hydrogen (secondary N) is 1. The zero-order chi connectivity index (χ0) is 16.2. The van der Waals surface area contributed by atoms with Crippen LogP contribution in [0, 0.1) is 0 Å². The summed E-state index contributed by atoms with van der Waals surface area (Å²) in [6.45, 7) is 5.75. The lowest BCUT2D eigenvalue weighted by molar-refractivity contribution is -0.120. The Morgan fingerprint density at radius 3 is 1.68 bits per heavy atom. The van der Waals surface area contributed by atoms with Gasteiger partial charge in [-0.1, -0.05) is 60.7 Å². The Labute approximate surface area is 132 Å². The van der Waals surface area contributed by atoms with Crippen LogP contribution in [0.2, 0.25) is 0 Å². The normalized spacial score (nSPS) is 12.0. The van der Waals surface area contributed by atoms with Gasteiger partial charge in [0, 0.05) is 16.1 Å². The van der Waals surface area contributed by atoms with Gasteiger partial charge in [0.1, 0.15) is 0 Å². The Morgan fingerprint density at radius 1 is 0.909 bits per heavy atom. The number of benzene rings is 2. The molecule has 116 valence electrons. The van der Waals surface area contributed by atoms with Gasteiger partial charge in [-0.2, -0.15) is 0 Å². The average molecular weight is 315 g/mol. The largest absolute Gasteiger partial charge is 0.351 e. The molecule has 22 heavy (non-hydrogen) atoms. The number of carbonyl (C=O) groups excluding carboxylic acids is 1. The Bertz CT molecular complexity index is 632. The summed E-state index contributed by atoms with van der Waals surface area (Å²) in [6, 6.07) is 18.5. The maximum atomic E-state index is 13.7. The molecule has 4 heteroatoms. The van der Waals surface area contributed by atoms with E-state index in [2.05, 4.69) is 5.32 Å². The van der Waals surface area contributed by atoms with Crippen LogP contribution in [0.15, 0.2) is 60.7 Å². The highest BCUT2D eigenvalue weighted by atomic mass is 31.2. The maximum absolute atomic E-state index is 13.7. The molecule has 3 nitrogen and oxygen atoms in total. The van der Waals surface area contributed by atoms with Crippen molar-refractivity contribution in [1.82, 2.24) is 5.32 Å². The molecule has 0 spiro atoms. The molecule has 0 saturated carbocycles. The number of carbonyl (C=O) groups is 1. The SMILES string of the molecule is CC(C)(C)NC(=O)CP(=O)(c1ccccc1)c1ccccc1. The predicted molar refractivity (Wildman–Crippen MR) is 92.5 cm³/mol. The summed E-state index contributed by atoms with van der Waals surface area (Å²) in [7, 11) is -2.98. The van der Waals surface area contributed by atoms with Crippen molar-refractivity contribution in [1.29, 1.82) is 0 Å². The molecule has 0 bridgehead atoms. The van der Waals surface area contributed by atoms with E-state index in [1.54, 1.807) is 0 Å². The summed E-state index contributed by atoms with van der Waals surface area (Å²) in [4.78, 5) is 12.3. The molecule has 0 aliphatic carbocycles. The average Bonchev–Trinajstić information content (AvgIpc) is 2.47. The maximum Gasteiger partial charge on any atom is 0.228 e. The van der Waals surface area contributed by atoms with E-state index >= 15 is 0 Å². The van der Waals surface area contributed by atoms with Gasteiger partial charge >= 0.3 is 0 Å². The molecule has 0 aliphatic rings. The molecule has 0 fully saturated rings. The van der Waals surface area contributed by atoms with E-state index < -0.39 is 7.14 Å². The minimum atomic E-state index is -2.98. The second-order valence-electron chi connectivity index (χ2n) is 6.37. The molecule has 2 rings (SSSR count). The quantitative estimate of drug-likeness (QED) is 0.882. The fraction of sp³-hybridized carbons (Fsp3) is 0.278. The minimum absolute atomic E-state index is 0.0156. The Hall–Kier alpha value is -1.86. The molecule has 0 radical (unpaired) electrons. The Kier molecular flexibility index (Phi) is 4.87. The first-order valence-corrected chi connectivity index (χ1v) is 9.22. The van der Waals surface area contributed by atoms with Crippen molar-refractivity contribution >= 4 is 23.7 Å². The minimum Gasteiger partial charge on any atom is -0.351 e. The monoisotopic (exact) mass is 315 g/mol. The molecule has 0 heterocycles. The van der Waals surface area contributed by atoms with E-state index in [0.717, 1.165) is 0 Å². The van der Waals surface area contributed by atoms with Crippen molar-refractivity contribution in [2.75, 3.05) is 6.16 Å². The molecule has 0 saturated heterocycles. The first-order valence-electron chi connectivity index (χ1n) is 7.33. The highest BCUT2D eigenvalue weighted by molar-refractivity contribution is 7.79. The molecule has 0 atom stereocenters. The van der Waals surface area contributed by atoms with Crippen molar-refractivity contribution in [3.05, 3.63) is 60.7 Å². The van der Waals surface area contributed by atoms with E-state index in [9.17, 15) is 9.36 Å². The molecule has 1 N–H and O–H groups in total. The second kappa shape index (κ2) is 6.50. The number of amides is 1. The summed E-state index contributed by atoms with van der Waals surface area (Å²) in [5.74, 6) is -0.191. The number of rotatable bonds is 4. The van der Waals surface area contributed by atoms with E-state index in [1.807, 2.05) is 81.4 Å². The summed E-state index contributed by atoms with van der Waals surface area (Å²) in [5.41, 5.74) is -0.338. The van der Waals surface area contributed by atoms with E-state index in [0.29, 0.717) is 10.6 Å². The predicted octanol–water partition coefficient (Wildman–Crippen LogP) is 2.92. The summed E-state index contributed by atoms with van der Waals surface area (Å²) in [5, 5.41) is 4.33. The van der Waals surface area contributed by atoms with Crippen molar-refractivity contribution in [3.63, 3.8) is 0 Å². The molecule has 2 aromatic carbocycles. The summed E-state index contributed by atoms with van der Waals surface area (Å²) in [6.07, 6.45) is -0.0156. The van der Waals surface area contributed by atoms with Gasteiger partial charge in [-0.25, -0.2) is 0 Å². The first-order chi connectivity index (χ1) is 10.3. The standard InChI is InChI=1S/C18H22NO2P/c1-18(2,3)19-17(20)14-22(21,15-10-6-4-7-11-15)16-12-8-5-9-13-16/h4-13H,14H2,1-3H3,(H,19,20). The van der Waals surface area contributed by atoms with Gasteiger partial charge in [0.25, 0.3) is 0 Å². The van der Waals surface area contributed by atoms with E-state index in [4.69, 9.17) is 0 Å². The van der Waals surface area contributed by atoms with Gasteiger partial charge in [-0.15, -0.1) is 0 Å². The van der Waals surface area contributed by atoms with Crippen LogP contribution in [0.3, 0.4) is 0 Å². The van der Waals surface area contributed by atoms with Crippen LogP contribution in [0.4, 0.5) is 0 Å². The number of hydrogen-bond donors (Lipinski definition) is 1. The van der Waals surface area contributed by atoms with Crippen LogP contribution in [-0.2, 0) is 9.36 Å². The third-order valence-electron chi connectivity index (χ3n) is 3.23. The van der Waals surface area contributed by atoms with Crippen LogP contribution in [-0.4, -0.2) is 17.6 Å². The topological polar surface area (TPSA) is 46.2 Å². The highest BCUT2D eigenvalue weighted by Crippen LogP contribution is 2.42. The molecule has 0 aliphatic heterocycles. The summed E-state index contributed by atoms with van der Waals surface area (Å²) >= 11 is 0. The first kappa shape index (κ1) is 16.5. The van der Waals surface area contributed by atoms with Crippen molar-refractivity contribution in [3.8, 4) is 0 Å². The highest BCUT2D eigenvalue weighted by Gasteiger charge is 2.31. The third kappa shape index (κ3) is 4.08. The van der Waals surface area contributed by atoms with Crippen molar-refractivity contribution in [2.24, 2.45) is 0 Å². The summed E-state index contributed by atoms with van der Waals surface area (Å²) < 4.78 is 13.7. The lowest BCUT2D eigenvalue weighted by atomic mass is 10.1. The molecular formula is C18H22NO2P. The Morgan fingerprint density at radius 2 is 1.32 bits per heavy atom. The molecule has 0 unspecified atom stereocenters. The van der Waals surface area contributed by atoms with Gasteiger partial charge < -0.3 is 9.88 Å². The molecule has 0 aromatic heterocycles. The van der Waals surface area contributed by atoms with Crippen LogP contribution >= 0.6 is 7.14 Å². The van der Waals surface area contributed by atoms with Gasteiger partial charge in [0.05, 0.1) is 6.16 Å². The lowest BCUT2D eigenvalue weighted by Crippen LogP contribution is -2.43. The van der Waals surface area contributed by atoms with Gasteiger partial charge in [0.15, 0.2) is 7.14 Å². The van der Waals surface area contributed by atoms with Crippen molar-refractivity contribution < 1.29 is 9.36 Å². The van der Waals surface area contributed by atoms with Crippen LogP contribution < -0.4 is 15.9 Å². The van der Waals surface area contributed by atoms with Crippen LogP contribution in [0.25, 0.3) is 0 Å². The van der Waals surface area contributed by atoms with Crippen LogP contribution in [0.1, 0.15) is 20.8 Å². The molecule has 2 aromatic rings. The third-order valence-corrected chi connectivity index (χ3v) is 6.22. The molecule has 1 amide bonds. The Balaban J connectivity index is 2.40. The zero-order valence-corrected chi connectivity index (χ0v) is 14.1.